The van der Waals surface area contributed by atoms with Gasteiger partial charge in [0, 0.05) is 32.2 Å². The normalized spacial score (nSPS) is 21.1. The minimum atomic E-state index is 0.343. The summed E-state index contributed by atoms with van der Waals surface area (Å²) in [4.78, 5) is 8.84. The number of rotatable bonds is 3. The summed E-state index contributed by atoms with van der Waals surface area (Å²) >= 11 is 5.88. The van der Waals surface area contributed by atoms with E-state index in [-0.39, 0.29) is 0 Å². The minimum absolute atomic E-state index is 0.343. The molecule has 1 fully saturated rings. The Balaban J connectivity index is 1.98. The number of pyridine rings is 1. The Morgan fingerprint density at radius 1 is 1.47 bits per heavy atom. The van der Waals surface area contributed by atoms with Crippen LogP contribution in [0.2, 0.25) is 5.15 Å². The zero-order chi connectivity index (χ0) is 13.8. The fourth-order valence-electron chi connectivity index (χ4n) is 2.20. The third-order valence-corrected chi connectivity index (χ3v) is 3.62. The Kier molecular flexibility index (Phi) is 4.59. The zero-order valence-electron chi connectivity index (χ0n) is 11.2. The molecule has 1 aromatic heterocycles. The van der Waals surface area contributed by atoms with Gasteiger partial charge in [0.2, 0.25) is 0 Å². The molecule has 1 aromatic rings. The number of halogens is 1. The molecular weight excluding hydrogens is 262 g/mol. The molecule has 0 saturated carbocycles. The number of hydrogen-bond donors (Lipinski definition) is 1. The Bertz CT molecular complexity index is 484. The van der Waals surface area contributed by atoms with E-state index in [1.165, 1.54) is 0 Å². The fraction of sp³-hybridized carbons (Fsp3) is 0.538. The molecule has 1 unspecified atom stereocenters. The van der Waals surface area contributed by atoms with Crippen LogP contribution in [0, 0.1) is 11.3 Å². The summed E-state index contributed by atoms with van der Waals surface area (Å²) in [7, 11) is 4.26. The van der Waals surface area contributed by atoms with Gasteiger partial charge in [0.05, 0.1) is 11.6 Å². The van der Waals surface area contributed by atoms with Crippen LogP contribution >= 0.6 is 11.6 Å². The van der Waals surface area contributed by atoms with E-state index in [9.17, 15) is 0 Å². The Hall–Kier alpha value is -1.35. The smallest absolute Gasteiger partial charge is 0.132 e. The first-order valence-electron chi connectivity index (χ1n) is 6.29. The molecule has 5 nitrogen and oxygen atoms in total. The van der Waals surface area contributed by atoms with Crippen LogP contribution in [0.3, 0.4) is 0 Å². The molecule has 2 rings (SSSR count). The maximum atomic E-state index is 8.90. The van der Waals surface area contributed by atoms with Crippen LogP contribution < -0.4 is 5.32 Å². The van der Waals surface area contributed by atoms with E-state index in [1.807, 2.05) is 0 Å². The van der Waals surface area contributed by atoms with Crippen molar-refractivity contribution < 1.29 is 0 Å². The summed E-state index contributed by atoms with van der Waals surface area (Å²) in [6, 6.07) is 5.80. The van der Waals surface area contributed by atoms with E-state index in [4.69, 9.17) is 16.9 Å². The minimum Gasteiger partial charge on any atom is -0.368 e. The number of nitrogens with one attached hydrogen (secondary N) is 1. The number of nitriles is 1. The number of piperazine rings is 1. The predicted octanol–water partition coefficient (Wildman–Crippen LogP) is 1.26. The van der Waals surface area contributed by atoms with Gasteiger partial charge in [-0.05, 0) is 26.2 Å². The molecular formula is C13H18ClN5. The molecule has 1 atom stereocenters. The molecule has 6 heteroatoms. The van der Waals surface area contributed by atoms with Gasteiger partial charge in [0.25, 0.3) is 0 Å². The molecule has 0 radical (unpaired) electrons. The van der Waals surface area contributed by atoms with Crippen molar-refractivity contribution in [2.24, 2.45) is 0 Å². The highest BCUT2D eigenvalue weighted by atomic mass is 35.5. The highest BCUT2D eigenvalue weighted by molar-refractivity contribution is 6.29. The lowest BCUT2D eigenvalue weighted by molar-refractivity contribution is 0.122. The van der Waals surface area contributed by atoms with Crippen molar-refractivity contribution in [3.63, 3.8) is 0 Å². The molecule has 1 saturated heterocycles. The highest BCUT2D eigenvalue weighted by Gasteiger charge is 2.21. The number of hydrogen-bond acceptors (Lipinski definition) is 5. The Morgan fingerprint density at radius 2 is 2.26 bits per heavy atom. The van der Waals surface area contributed by atoms with Gasteiger partial charge in [-0.25, -0.2) is 4.98 Å². The average Bonchev–Trinajstić information content (AvgIpc) is 2.39. The topological polar surface area (TPSA) is 55.2 Å². The summed E-state index contributed by atoms with van der Waals surface area (Å²) in [6.45, 7) is 3.98. The van der Waals surface area contributed by atoms with Crippen LogP contribution in [-0.4, -0.2) is 61.1 Å². The second kappa shape index (κ2) is 6.20. The highest BCUT2D eigenvalue weighted by Crippen LogP contribution is 2.14. The van der Waals surface area contributed by atoms with E-state index in [0.717, 1.165) is 26.2 Å². The first-order valence-corrected chi connectivity index (χ1v) is 6.66. The number of aromatic nitrogens is 1. The van der Waals surface area contributed by atoms with Crippen molar-refractivity contribution in [3.8, 4) is 6.07 Å². The average molecular weight is 280 g/mol. The van der Waals surface area contributed by atoms with E-state index < -0.39 is 0 Å². The SMILES string of the molecule is CN1CCN(C)C(CNc2cc(C#N)cc(Cl)n2)C1. The van der Waals surface area contributed by atoms with E-state index in [0.29, 0.717) is 22.6 Å². The third kappa shape index (κ3) is 3.80. The third-order valence-electron chi connectivity index (χ3n) is 3.42. The van der Waals surface area contributed by atoms with Gasteiger partial charge >= 0.3 is 0 Å². The van der Waals surface area contributed by atoms with Crippen LogP contribution in [0.4, 0.5) is 5.82 Å². The Labute approximate surface area is 118 Å². The molecule has 1 N–H and O–H groups in total. The maximum Gasteiger partial charge on any atom is 0.132 e. The van der Waals surface area contributed by atoms with Crippen LogP contribution in [0.1, 0.15) is 5.56 Å². The molecule has 19 heavy (non-hydrogen) atoms. The largest absolute Gasteiger partial charge is 0.368 e. The van der Waals surface area contributed by atoms with Crippen molar-refractivity contribution in [3.05, 3.63) is 22.8 Å². The Morgan fingerprint density at radius 3 is 3.00 bits per heavy atom. The summed E-state index contributed by atoms with van der Waals surface area (Å²) in [6.07, 6.45) is 0. The lowest BCUT2D eigenvalue weighted by Gasteiger charge is -2.37. The quantitative estimate of drug-likeness (QED) is 0.845. The maximum absolute atomic E-state index is 8.90. The van der Waals surface area contributed by atoms with Gasteiger partial charge in [-0.2, -0.15) is 5.26 Å². The summed E-state index contributed by atoms with van der Waals surface area (Å²) in [5.41, 5.74) is 0.525. The van der Waals surface area contributed by atoms with Crippen molar-refractivity contribution in [2.75, 3.05) is 45.6 Å². The summed E-state index contributed by atoms with van der Waals surface area (Å²) in [5.74, 6) is 0.658. The molecule has 1 aliphatic rings. The predicted molar refractivity (Wildman–Crippen MR) is 76.4 cm³/mol. The summed E-state index contributed by atoms with van der Waals surface area (Å²) in [5, 5.41) is 12.5. The number of anilines is 1. The molecule has 0 aliphatic carbocycles. The van der Waals surface area contributed by atoms with Crippen molar-refractivity contribution in [2.45, 2.75) is 6.04 Å². The van der Waals surface area contributed by atoms with E-state index in [2.05, 4.69) is 40.3 Å². The fourth-order valence-corrected chi connectivity index (χ4v) is 2.40. The second-order valence-electron chi connectivity index (χ2n) is 4.95. The summed E-state index contributed by atoms with van der Waals surface area (Å²) < 4.78 is 0. The molecule has 0 spiro atoms. The molecule has 0 amide bonds. The number of likely N-dealkylation sites (N-methyl/N-ethyl adjacent to an activating group) is 2. The van der Waals surface area contributed by atoms with Gasteiger partial charge in [0.15, 0.2) is 0 Å². The van der Waals surface area contributed by atoms with Crippen LogP contribution in [-0.2, 0) is 0 Å². The second-order valence-corrected chi connectivity index (χ2v) is 5.34. The van der Waals surface area contributed by atoms with Gasteiger partial charge in [0.1, 0.15) is 11.0 Å². The molecule has 2 heterocycles. The molecule has 1 aliphatic heterocycles. The van der Waals surface area contributed by atoms with Crippen LogP contribution in [0.25, 0.3) is 0 Å². The van der Waals surface area contributed by atoms with E-state index >= 15 is 0 Å². The molecule has 0 aromatic carbocycles. The van der Waals surface area contributed by atoms with Crippen molar-refractivity contribution in [1.82, 2.24) is 14.8 Å². The van der Waals surface area contributed by atoms with E-state index in [1.54, 1.807) is 12.1 Å². The van der Waals surface area contributed by atoms with Gasteiger partial charge in [-0.1, -0.05) is 11.6 Å². The monoisotopic (exact) mass is 279 g/mol. The van der Waals surface area contributed by atoms with Crippen LogP contribution in [0.5, 0.6) is 0 Å². The van der Waals surface area contributed by atoms with Gasteiger partial charge in [-0.15, -0.1) is 0 Å². The van der Waals surface area contributed by atoms with Gasteiger partial charge < -0.3 is 10.2 Å². The standard InChI is InChI=1S/C13H18ClN5/c1-18-3-4-19(2)11(9-18)8-16-13-6-10(7-15)5-12(14)17-13/h5-6,11H,3-4,8-9H2,1-2H3,(H,16,17). The zero-order valence-corrected chi connectivity index (χ0v) is 12.0. The molecule has 102 valence electrons. The van der Waals surface area contributed by atoms with Crippen molar-refractivity contribution in [1.29, 1.82) is 5.26 Å². The van der Waals surface area contributed by atoms with Crippen LogP contribution in [0.15, 0.2) is 12.1 Å². The first kappa shape index (κ1) is 14.1. The molecule has 0 bridgehead atoms. The van der Waals surface area contributed by atoms with Crippen molar-refractivity contribution >= 4 is 17.4 Å². The lowest BCUT2D eigenvalue weighted by atomic mass is 10.2. The first-order chi connectivity index (χ1) is 9.08. The number of nitrogens with zero attached hydrogens (tertiary/aromatic N) is 4. The van der Waals surface area contributed by atoms with Gasteiger partial charge in [-0.3, -0.25) is 4.90 Å². The lowest BCUT2D eigenvalue weighted by Crippen LogP contribution is -2.52.